The smallest absolute Gasteiger partial charge is 0.0251 e. The van der Waals surface area contributed by atoms with E-state index in [0.717, 1.165) is 0 Å². The Labute approximate surface area is 106 Å². The molecule has 0 bridgehead atoms. The zero-order valence-corrected chi connectivity index (χ0v) is 11.6. The van der Waals surface area contributed by atoms with Crippen LogP contribution < -0.4 is 5.73 Å². The Morgan fingerprint density at radius 3 is 2.41 bits per heavy atom. The van der Waals surface area contributed by atoms with Gasteiger partial charge in [0.25, 0.3) is 0 Å². The lowest BCUT2D eigenvalue weighted by atomic mass is 9.90. The summed E-state index contributed by atoms with van der Waals surface area (Å²) in [6, 6.07) is 1.71. The molecule has 3 nitrogen and oxygen atoms in total. The monoisotopic (exact) mass is 239 g/mol. The van der Waals surface area contributed by atoms with E-state index in [-0.39, 0.29) is 0 Å². The molecule has 0 aromatic carbocycles. The Morgan fingerprint density at radius 1 is 1.00 bits per heavy atom. The molecule has 1 aliphatic heterocycles. The van der Waals surface area contributed by atoms with E-state index in [2.05, 4.69) is 23.8 Å². The molecule has 0 amide bonds. The molecule has 0 spiro atoms. The maximum Gasteiger partial charge on any atom is 0.0251 e. The van der Waals surface area contributed by atoms with Gasteiger partial charge in [0.1, 0.15) is 0 Å². The molecule has 1 saturated carbocycles. The number of nitrogens with zero attached hydrogens (tertiary/aromatic N) is 2. The van der Waals surface area contributed by atoms with Crippen molar-refractivity contribution in [1.29, 1.82) is 0 Å². The third-order valence-corrected chi connectivity index (χ3v) is 4.59. The van der Waals surface area contributed by atoms with E-state index in [0.29, 0.717) is 18.1 Å². The zero-order valence-electron chi connectivity index (χ0n) is 11.6. The van der Waals surface area contributed by atoms with Crippen LogP contribution in [-0.4, -0.2) is 54.6 Å². The lowest BCUT2D eigenvalue weighted by molar-refractivity contribution is 0.0422. The first-order valence-electron chi connectivity index (χ1n) is 7.38. The average molecular weight is 239 g/mol. The van der Waals surface area contributed by atoms with Gasteiger partial charge in [0.2, 0.25) is 0 Å². The van der Waals surface area contributed by atoms with E-state index in [1.54, 1.807) is 0 Å². The number of nitrogens with two attached hydrogens (primary N) is 1. The molecular formula is C14H29N3. The molecule has 2 aliphatic rings. The maximum atomic E-state index is 6.42. The van der Waals surface area contributed by atoms with Gasteiger partial charge in [0.05, 0.1) is 0 Å². The minimum absolute atomic E-state index is 0.404. The Hall–Kier alpha value is -0.120. The maximum absolute atomic E-state index is 6.42. The van der Waals surface area contributed by atoms with Crippen molar-refractivity contribution in [3.8, 4) is 0 Å². The van der Waals surface area contributed by atoms with E-state index >= 15 is 0 Å². The van der Waals surface area contributed by atoms with Crippen LogP contribution >= 0.6 is 0 Å². The molecule has 0 radical (unpaired) electrons. The molecular weight excluding hydrogens is 210 g/mol. The quantitative estimate of drug-likeness (QED) is 0.755. The van der Waals surface area contributed by atoms with E-state index in [1.165, 1.54) is 58.2 Å². The van der Waals surface area contributed by atoms with Crippen LogP contribution in [0.4, 0.5) is 0 Å². The molecule has 2 rings (SSSR count). The summed E-state index contributed by atoms with van der Waals surface area (Å²) in [6.07, 6.45) is 8.04. The van der Waals surface area contributed by atoms with Gasteiger partial charge in [-0.15, -0.1) is 0 Å². The summed E-state index contributed by atoms with van der Waals surface area (Å²) in [5.41, 5.74) is 6.42. The summed E-state index contributed by atoms with van der Waals surface area (Å²) in [5, 5.41) is 0. The summed E-state index contributed by atoms with van der Waals surface area (Å²) in [6.45, 7) is 5.97. The molecule has 1 heterocycles. The highest BCUT2D eigenvalue weighted by atomic mass is 15.3. The molecule has 100 valence electrons. The van der Waals surface area contributed by atoms with E-state index < -0.39 is 0 Å². The van der Waals surface area contributed by atoms with Crippen molar-refractivity contribution in [1.82, 2.24) is 9.80 Å². The molecule has 2 fully saturated rings. The molecule has 17 heavy (non-hydrogen) atoms. The third-order valence-electron chi connectivity index (χ3n) is 4.59. The van der Waals surface area contributed by atoms with Crippen molar-refractivity contribution in [2.75, 3.05) is 26.7 Å². The summed E-state index contributed by atoms with van der Waals surface area (Å²) in [4.78, 5) is 5.13. The number of likely N-dealkylation sites (N-methyl/N-ethyl adjacent to an activating group) is 1. The van der Waals surface area contributed by atoms with Crippen LogP contribution in [-0.2, 0) is 0 Å². The fourth-order valence-corrected chi connectivity index (χ4v) is 3.55. The number of hydrogen-bond acceptors (Lipinski definition) is 3. The van der Waals surface area contributed by atoms with Crippen LogP contribution in [0.3, 0.4) is 0 Å². The average Bonchev–Trinajstić information content (AvgIpc) is 2.26. The first-order valence-corrected chi connectivity index (χ1v) is 7.38. The van der Waals surface area contributed by atoms with Crippen molar-refractivity contribution in [2.45, 2.75) is 63.6 Å². The van der Waals surface area contributed by atoms with Gasteiger partial charge in [0.15, 0.2) is 0 Å². The summed E-state index contributed by atoms with van der Waals surface area (Å²) in [7, 11) is 2.23. The first-order chi connectivity index (χ1) is 8.18. The van der Waals surface area contributed by atoms with E-state index in [4.69, 9.17) is 5.73 Å². The van der Waals surface area contributed by atoms with Gasteiger partial charge in [-0.1, -0.05) is 25.7 Å². The second-order valence-electron chi connectivity index (χ2n) is 6.07. The number of hydrogen-bond donors (Lipinski definition) is 1. The number of rotatable bonds is 1. The molecule has 3 heteroatoms. The molecule has 0 aromatic rings. The van der Waals surface area contributed by atoms with Crippen molar-refractivity contribution < 1.29 is 0 Å². The van der Waals surface area contributed by atoms with Gasteiger partial charge in [-0.2, -0.15) is 0 Å². The van der Waals surface area contributed by atoms with Crippen LogP contribution in [0.2, 0.25) is 0 Å². The standard InChI is InChI=1S/C14H29N3/c1-12-11-16(2)9-10-17(12)14-8-6-4-3-5-7-13(14)15/h12-14H,3-11,15H2,1-2H3. The second-order valence-corrected chi connectivity index (χ2v) is 6.07. The third kappa shape index (κ3) is 3.43. The summed E-state index contributed by atoms with van der Waals surface area (Å²) < 4.78 is 0. The lowest BCUT2D eigenvalue weighted by Gasteiger charge is -2.45. The minimum Gasteiger partial charge on any atom is -0.326 e. The normalized spacial score (nSPS) is 38.6. The SMILES string of the molecule is CC1CN(C)CCN1C1CCCCCCC1N. The van der Waals surface area contributed by atoms with Crippen LogP contribution in [0.5, 0.6) is 0 Å². The molecule has 3 unspecified atom stereocenters. The lowest BCUT2D eigenvalue weighted by Crippen LogP contribution is -2.59. The highest BCUT2D eigenvalue weighted by Crippen LogP contribution is 2.24. The van der Waals surface area contributed by atoms with Gasteiger partial charge < -0.3 is 10.6 Å². The van der Waals surface area contributed by atoms with Crippen LogP contribution in [0.15, 0.2) is 0 Å². The highest BCUT2D eigenvalue weighted by Gasteiger charge is 2.31. The Kier molecular flexibility index (Phi) is 4.83. The van der Waals surface area contributed by atoms with Gasteiger partial charge in [-0.25, -0.2) is 0 Å². The molecule has 1 aliphatic carbocycles. The summed E-state index contributed by atoms with van der Waals surface area (Å²) in [5.74, 6) is 0. The second kappa shape index (κ2) is 6.17. The minimum atomic E-state index is 0.404. The summed E-state index contributed by atoms with van der Waals surface area (Å²) >= 11 is 0. The fraction of sp³-hybridized carbons (Fsp3) is 1.00. The first kappa shape index (κ1) is 13.3. The topological polar surface area (TPSA) is 32.5 Å². The molecule has 3 atom stereocenters. The van der Waals surface area contributed by atoms with Crippen LogP contribution in [0, 0.1) is 0 Å². The van der Waals surface area contributed by atoms with Gasteiger partial charge in [0, 0.05) is 37.8 Å². The molecule has 2 N–H and O–H groups in total. The van der Waals surface area contributed by atoms with Crippen molar-refractivity contribution >= 4 is 0 Å². The van der Waals surface area contributed by atoms with Crippen LogP contribution in [0.25, 0.3) is 0 Å². The fourth-order valence-electron chi connectivity index (χ4n) is 3.55. The van der Waals surface area contributed by atoms with Crippen molar-refractivity contribution in [3.63, 3.8) is 0 Å². The van der Waals surface area contributed by atoms with Crippen molar-refractivity contribution in [3.05, 3.63) is 0 Å². The predicted molar refractivity (Wildman–Crippen MR) is 73.1 cm³/mol. The zero-order chi connectivity index (χ0) is 12.3. The predicted octanol–water partition coefficient (Wildman–Crippen LogP) is 1.67. The van der Waals surface area contributed by atoms with Gasteiger partial charge in [-0.05, 0) is 26.8 Å². The van der Waals surface area contributed by atoms with E-state index in [1.807, 2.05) is 0 Å². The van der Waals surface area contributed by atoms with Crippen molar-refractivity contribution in [2.24, 2.45) is 5.73 Å². The molecule has 1 saturated heterocycles. The Balaban J connectivity index is 1.97. The van der Waals surface area contributed by atoms with Crippen LogP contribution in [0.1, 0.15) is 45.4 Å². The Bertz CT molecular complexity index is 232. The van der Waals surface area contributed by atoms with E-state index in [9.17, 15) is 0 Å². The van der Waals surface area contributed by atoms with Gasteiger partial charge >= 0.3 is 0 Å². The Morgan fingerprint density at radius 2 is 1.71 bits per heavy atom. The highest BCUT2D eigenvalue weighted by molar-refractivity contribution is 4.89. The van der Waals surface area contributed by atoms with Gasteiger partial charge in [-0.3, -0.25) is 4.90 Å². The largest absolute Gasteiger partial charge is 0.326 e. The molecule has 0 aromatic heterocycles. The number of piperazine rings is 1.